The first-order valence-electron chi connectivity index (χ1n) is 12.0. The number of nitrogens with zero attached hydrogens (tertiary/aromatic N) is 1. The molecule has 0 bridgehead atoms. The summed E-state index contributed by atoms with van der Waals surface area (Å²) in [6.07, 6.45) is 0. The highest BCUT2D eigenvalue weighted by Gasteiger charge is 2.18. The smallest absolute Gasteiger partial charge is 0.0546 e. The Hall–Kier alpha value is -4.62. The van der Waals surface area contributed by atoms with Crippen molar-refractivity contribution in [1.29, 1.82) is 0 Å². The van der Waals surface area contributed by atoms with Crippen LogP contribution in [0.15, 0.2) is 140 Å². The van der Waals surface area contributed by atoms with Crippen molar-refractivity contribution in [2.24, 2.45) is 0 Å². The predicted molar refractivity (Wildman–Crippen MR) is 151 cm³/mol. The molecule has 0 radical (unpaired) electrons. The lowest BCUT2D eigenvalue weighted by molar-refractivity contribution is 1.31. The van der Waals surface area contributed by atoms with Gasteiger partial charge in [0, 0.05) is 16.8 Å². The van der Waals surface area contributed by atoms with Gasteiger partial charge in [-0.2, -0.15) is 0 Å². The molecule has 164 valence electrons. The van der Waals surface area contributed by atoms with Crippen molar-refractivity contribution >= 4 is 60.2 Å². The molecule has 0 atom stereocenters. The molecule has 0 amide bonds. The van der Waals surface area contributed by atoms with E-state index in [1.54, 1.807) is 0 Å². The molecular weight excluding hydrogens is 422 g/mol. The van der Waals surface area contributed by atoms with Gasteiger partial charge in [0.1, 0.15) is 0 Å². The number of anilines is 3. The second-order valence-corrected chi connectivity index (χ2v) is 9.03. The van der Waals surface area contributed by atoms with E-state index in [2.05, 4.69) is 144 Å². The summed E-state index contributed by atoms with van der Waals surface area (Å²) in [6.45, 7) is 0. The van der Waals surface area contributed by atoms with E-state index in [4.69, 9.17) is 0 Å². The topological polar surface area (TPSA) is 3.24 Å². The number of para-hydroxylation sites is 1. The maximum Gasteiger partial charge on any atom is 0.0546 e. The van der Waals surface area contributed by atoms with E-state index < -0.39 is 0 Å². The lowest BCUT2D eigenvalue weighted by Gasteiger charge is -2.28. The second-order valence-electron chi connectivity index (χ2n) is 9.03. The highest BCUT2D eigenvalue weighted by molar-refractivity contribution is 6.21. The van der Waals surface area contributed by atoms with Gasteiger partial charge in [-0.15, -0.1) is 0 Å². The lowest BCUT2D eigenvalue weighted by Crippen LogP contribution is -2.10. The van der Waals surface area contributed by atoms with Gasteiger partial charge < -0.3 is 4.90 Å². The van der Waals surface area contributed by atoms with Gasteiger partial charge in [0.05, 0.1) is 5.69 Å². The zero-order chi connectivity index (χ0) is 23.2. The van der Waals surface area contributed by atoms with Crippen molar-refractivity contribution in [2.45, 2.75) is 0 Å². The first kappa shape index (κ1) is 19.8. The van der Waals surface area contributed by atoms with Crippen molar-refractivity contribution in [1.82, 2.24) is 0 Å². The van der Waals surface area contributed by atoms with E-state index in [1.165, 1.54) is 48.8 Å². The van der Waals surface area contributed by atoms with Crippen molar-refractivity contribution in [3.63, 3.8) is 0 Å². The molecule has 1 nitrogen and oxygen atoms in total. The number of hydrogen-bond donors (Lipinski definition) is 0. The van der Waals surface area contributed by atoms with Gasteiger partial charge in [-0.3, -0.25) is 0 Å². The number of benzene rings is 7. The van der Waals surface area contributed by atoms with Gasteiger partial charge in [-0.05, 0) is 68.0 Å². The summed E-state index contributed by atoms with van der Waals surface area (Å²) in [5.41, 5.74) is 3.48. The van der Waals surface area contributed by atoms with E-state index in [9.17, 15) is 0 Å². The third kappa shape index (κ3) is 3.25. The molecule has 0 aliphatic rings. The van der Waals surface area contributed by atoms with Crippen LogP contribution in [0.1, 0.15) is 0 Å². The van der Waals surface area contributed by atoms with Crippen LogP contribution in [-0.2, 0) is 0 Å². The van der Waals surface area contributed by atoms with Gasteiger partial charge in [0.15, 0.2) is 0 Å². The van der Waals surface area contributed by atoms with E-state index in [1.807, 2.05) is 0 Å². The van der Waals surface area contributed by atoms with Crippen LogP contribution in [-0.4, -0.2) is 0 Å². The molecule has 7 rings (SSSR count). The molecule has 0 heterocycles. The molecule has 1 heteroatoms. The number of hydrogen-bond acceptors (Lipinski definition) is 1. The highest BCUT2D eigenvalue weighted by atomic mass is 15.1. The van der Waals surface area contributed by atoms with Gasteiger partial charge >= 0.3 is 0 Å². The SMILES string of the molecule is c1ccc(N(c2ccc3ccccc3c2)c2cc3c4ccccc4ccc3c3ccccc23)cc1. The average Bonchev–Trinajstić information content (AvgIpc) is 2.93. The Bertz CT molecular complexity index is 1850. The monoisotopic (exact) mass is 445 g/mol. The lowest BCUT2D eigenvalue weighted by atomic mass is 9.95. The molecule has 0 fully saturated rings. The Morgan fingerprint density at radius 2 is 0.914 bits per heavy atom. The highest BCUT2D eigenvalue weighted by Crippen LogP contribution is 2.43. The van der Waals surface area contributed by atoms with Gasteiger partial charge in [-0.1, -0.05) is 109 Å². The molecule has 0 aromatic heterocycles. The molecular formula is C34H23N. The summed E-state index contributed by atoms with van der Waals surface area (Å²) in [4.78, 5) is 2.40. The van der Waals surface area contributed by atoms with Crippen molar-refractivity contribution < 1.29 is 0 Å². The normalized spacial score (nSPS) is 11.4. The Kier molecular flexibility index (Phi) is 4.53. The Balaban J connectivity index is 1.60. The average molecular weight is 446 g/mol. The first-order chi connectivity index (χ1) is 17.4. The van der Waals surface area contributed by atoms with E-state index in [-0.39, 0.29) is 0 Å². The maximum atomic E-state index is 2.40. The van der Waals surface area contributed by atoms with Crippen LogP contribution in [0.5, 0.6) is 0 Å². The zero-order valence-electron chi connectivity index (χ0n) is 19.2. The van der Waals surface area contributed by atoms with E-state index in [0.29, 0.717) is 0 Å². The predicted octanol–water partition coefficient (Wildman–Crippen LogP) is 9.77. The van der Waals surface area contributed by atoms with Gasteiger partial charge in [0.25, 0.3) is 0 Å². The zero-order valence-corrected chi connectivity index (χ0v) is 19.2. The van der Waals surface area contributed by atoms with Crippen LogP contribution in [0.2, 0.25) is 0 Å². The molecule has 0 saturated heterocycles. The third-order valence-corrected chi connectivity index (χ3v) is 6.99. The van der Waals surface area contributed by atoms with E-state index in [0.717, 1.165) is 11.4 Å². The third-order valence-electron chi connectivity index (χ3n) is 6.99. The summed E-state index contributed by atoms with van der Waals surface area (Å²) in [6, 6.07) is 50.3. The maximum absolute atomic E-state index is 2.40. The Morgan fingerprint density at radius 1 is 0.314 bits per heavy atom. The molecule has 7 aromatic rings. The summed E-state index contributed by atoms with van der Waals surface area (Å²) in [5, 5.41) is 10.1. The standard InChI is InChI=1S/C34H23N/c1-2-13-27(14-3-1)35(28-20-18-24-10-4-5-12-26(24)22-28)34-23-33-29-15-7-6-11-25(29)19-21-31(33)30-16-8-9-17-32(30)34/h1-23H. The first-order valence-corrected chi connectivity index (χ1v) is 12.0. The molecule has 0 spiro atoms. The van der Waals surface area contributed by atoms with Crippen LogP contribution in [0.25, 0.3) is 43.1 Å². The number of fused-ring (bicyclic) bond motifs is 6. The molecule has 0 unspecified atom stereocenters. The summed E-state index contributed by atoms with van der Waals surface area (Å²) in [7, 11) is 0. The van der Waals surface area contributed by atoms with Crippen LogP contribution in [0.4, 0.5) is 17.1 Å². The Labute approximate surface area is 204 Å². The molecule has 0 aliphatic carbocycles. The Morgan fingerprint density at radius 3 is 1.74 bits per heavy atom. The summed E-state index contributed by atoms with van der Waals surface area (Å²) >= 11 is 0. The van der Waals surface area contributed by atoms with Gasteiger partial charge in [0.2, 0.25) is 0 Å². The summed E-state index contributed by atoms with van der Waals surface area (Å²) in [5.74, 6) is 0. The molecule has 35 heavy (non-hydrogen) atoms. The van der Waals surface area contributed by atoms with Crippen LogP contribution in [0, 0.1) is 0 Å². The molecule has 7 aromatic carbocycles. The van der Waals surface area contributed by atoms with Crippen LogP contribution < -0.4 is 4.90 Å². The second kappa shape index (κ2) is 8.00. The quantitative estimate of drug-likeness (QED) is 0.245. The van der Waals surface area contributed by atoms with Crippen LogP contribution >= 0.6 is 0 Å². The molecule has 0 N–H and O–H groups in total. The van der Waals surface area contributed by atoms with Crippen molar-refractivity contribution in [3.05, 3.63) is 140 Å². The van der Waals surface area contributed by atoms with Crippen molar-refractivity contribution in [2.75, 3.05) is 4.90 Å². The molecule has 0 saturated carbocycles. The van der Waals surface area contributed by atoms with Crippen molar-refractivity contribution in [3.8, 4) is 0 Å². The number of rotatable bonds is 3. The minimum absolute atomic E-state index is 1.15. The molecule has 0 aliphatic heterocycles. The largest absolute Gasteiger partial charge is 0.310 e. The fraction of sp³-hybridized carbons (Fsp3) is 0. The van der Waals surface area contributed by atoms with E-state index >= 15 is 0 Å². The van der Waals surface area contributed by atoms with Gasteiger partial charge in [-0.25, -0.2) is 0 Å². The minimum Gasteiger partial charge on any atom is -0.310 e. The minimum atomic E-state index is 1.15. The summed E-state index contributed by atoms with van der Waals surface area (Å²) < 4.78 is 0. The van der Waals surface area contributed by atoms with Crippen LogP contribution in [0.3, 0.4) is 0 Å². The fourth-order valence-electron chi connectivity index (χ4n) is 5.35. The fourth-order valence-corrected chi connectivity index (χ4v) is 5.35.